The summed E-state index contributed by atoms with van der Waals surface area (Å²) in [6, 6.07) is 4.56. The Balaban J connectivity index is 0.00000106. The van der Waals surface area contributed by atoms with Gasteiger partial charge in [0.05, 0.1) is 5.71 Å². The number of pyridine rings is 1. The molecule has 2 aliphatic heterocycles. The van der Waals surface area contributed by atoms with Crippen LogP contribution in [0, 0.1) is 5.41 Å². The highest BCUT2D eigenvalue weighted by atomic mass is 15.1. The van der Waals surface area contributed by atoms with Crippen molar-refractivity contribution in [3.05, 3.63) is 42.7 Å². The fraction of sp³-hybridized carbons (Fsp3) is 0.444. The summed E-state index contributed by atoms with van der Waals surface area (Å²) in [4.78, 5) is 4.51. The molecule has 21 heavy (non-hydrogen) atoms. The van der Waals surface area contributed by atoms with E-state index in [9.17, 15) is 0 Å². The van der Waals surface area contributed by atoms with Crippen molar-refractivity contribution in [3.63, 3.8) is 0 Å². The van der Waals surface area contributed by atoms with Crippen molar-refractivity contribution in [2.24, 2.45) is 0 Å². The first-order valence-corrected chi connectivity index (χ1v) is 7.89. The molecule has 0 aliphatic carbocycles. The average molecular weight is 285 g/mol. The van der Waals surface area contributed by atoms with Gasteiger partial charge in [-0.1, -0.05) is 40.7 Å². The predicted molar refractivity (Wildman–Crippen MR) is 91.5 cm³/mol. The lowest BCUT2D eigenvalue weighted by atomic mass is 10.0. The maximum Gasteiger partial charge on any atom is 0.140 e. The molecule has 0 aromatic heterocycles. The quantitative estimate of drug-likeness (QED) is 0.717. The number of hydrogen-bond acceptors (Lipinski definition) is 2. The normalized spacial score (nSPS) is 11.6. The number of rotatable bonds is 6. The molecule has 1 N–H and O–H groups in total. The zero-order valence-electron chi connectivity index (χ0n) is 13.7. The van der Waals surface area contributed by atoms with E-state index in [4.69, 9.17) is 5.41 Å². The second-order valence-electron chi connectivity index (χ2n) is 4.79. The van der Waals surface area contributed by atoms with Gasteiger partial charge in [0, 0.05) is 29.6 Å². The molecule has 0 fully saturated rings. The summed E-state index contributed by atoms with van der Waals surface area (Å²) in [5.41, 5.74) is 2.34. The van der Waals surface area contributed by atoms with Crippen LogP contribution in [-0.2, 0) is 0 Å². The minimum absolute atomic E-state index is 0.434. The van der Waals surface area contributed by atoms with E-state index in [2.05, 4.69) is 36.2 Å². The Labute approximate surface area is 128 Å². The molecule has 3 nitrogen and oxygen atoms in total. The van der Waals surface area contributed by atoms with Crippen LogP contribution in [0.5, 0.6) is 0 Å². The molecule has 114 valence electrons. The lowest BCUT2D eigenvalue weighted by molar-refractivity contribution is 0.446. The Morgan fingerprint density at radius 1 is 1.43 bits per heavy atom. The third-order valence-corrected chi connectivity index (χ3v) is 3.58. The third-order valence-electron chi connectivity index (χ3n) is 3.58. The van der Waals surface area contributed by atoms with Crippen LogP contribution in [0.25, 0.3) is 11.4 Å². The van der Waals surface area contributed by atoms with Crippen LogP contribution in [0.3, 0.4) is 0 Å². The first-order valence-electron chi connectivity index (χ1n) is 7.89. The molecule has 0 aromatic rings. The van der Waals surface area contributed by atoms with Gasteiger partial charge in [-0.15, -0.1) is 0 Å². The maximum absolute atomic E-state index is 7.91. The summed E-state index contributed by atoms with van der Waals surface area (Å²) in [5, 5.41) is 7.91. The highest BCUT2D eigenvalue weighted by Gasteiger charge is 2.19. The topological polar surface area (TPSA) is 41.7 Å². The van der Waals surface area contributed by atoms with Gasteiger partial charge in [0.1, 0.15) is 5.82 Å². The third kappa shape index (κ3) is 3.60. The van der Waals surface area contributed by atoms with E-state index < -0.39 is 0 Å². The smallest absolute Gasteiger partial charge is 0.140 e. The van der Waals surface area contributed by atoms with Crippen molar-refractivity contribution in [2.75, 3.05) is 0 Å². The molecule has 2 aliphatic rings. The number of fused-ring (bicyclic) bond motifs is 1. The van der Waals surface area contributed by atoms with Crippen molar-refractivity contribution < 1.29 is 0 Å². The monoisotopic (exact) mass is 285 g/mol. The molecular formula is C18H27N3. The molecule has 0 spiro atoms. The van der Waals surface area contributed by atoms with E-state index in [0.717, 1.165) is 36.2 Å². The largest absolute Gasteiger partial charge is 0.329 e. The summed E-state index contributed by atoms with van der Waals surface area (Å²) in [7, 11) is 0. The van der Waals surface area contributed by atoms with E-state index in [1.807, 2.05) is 26.0 Å². The molecule has 2 rings (SSSR count). The van der Waals surface area contributed by atoms with Crippen molar-refractivity contribution in [2.45, 2.75) is 53.0 Å². The summed E-state index contributed by atoms with van der Waals surface area (Å²) in [5.74, 6) is 0.976. The highest BCUT2D eigenvalue weighted by Crippen LogP contribution is 2.30. The molecule has 2 heterocycles. The van der Waals surface area contributed by atoms with Crippen LogP contribution in [0.2, 0.25) is 0 Å². The summed E-state index contributed by atoms with van der Waals surface area (Å²) < 4.78 is 2.25. The van der Waals surface area contributed by atoms with Crippen LogP contribution in [0.1, 0.15) is 58.6 Å². The fourth-order valence-corrected chi connectivity index (χ4v) is 2.55. The summed E-state index contributed by atoms with van der Waals surface area (Å²) in [6.07, 6.45) is 8.86. The summed E-state index contributed by atoms with van der Waals surface area (Å²) >= 11 is 0. The molecule has 3 heteroatoms. The maximum atomic E-state index is 7.91. The van der Waals surface area contributed by atoms with Crippen LogP contribution in [0.15, 0.2) is 37.2 Å². The Bertz CT molecular complexity index is 554. The molecular weight excluding hydrogens is 258 g/mol. The average Bonchev–Trinajstić information content (AvgIpc) is 2.98. The van der Waals surface area contributed by atoms with Gasteiger partial charge in [0.25, 0.3) is 0 Å². The van der Waals surface area contributed by atoms with Gasteiger partial charge in [0.2, 0.25) is 0 Å². The van der Waals surface area contributed by atoms with E-state index in [1.54, 1.807) is 12.3 Å². The second kappa shape index (κ2) is 8.40. The summed E-state index contributed by atoms with van der Waals surface area (Å²) in [6.45, 7) is 12.1. The molecule has 0 bridgehead atoms. The van der Waals surface area contributed by atoms with Gasteiger partial charge in [-0.05, 0) is 31.1 Å². The number of allylic oxidation sites excluding steroid dienone is 1. The lowest BCUT2D eigenvalue weighted by Crippen LogP contribution is -2.11. The van der Waals surface area contributed by atoms with Crippen molar-refractivity contribution in [3.8, 4) is 11.4 Å². The zero-order chi connectivity index (χ0) is 15.8. The van der Waals surface area contributed by atoms with E-state index >= 15 is 0 Å². The van der Waals surface area contributed by atoms with Gasteiger partial charge in [-0.2, -0.15) is 0 Å². The minimum atomic E-state index is 0.434. The molecule has 1 unspecified atom stereocenters. The van der Waals surface area contributed by atoms with Gasteiger partial charge >= 0.3 is 0 Å². The Morgan fingerprint density at radius 3 is 2.71 bits per heavy atom. The first kappa shape index (κ1) is 17.2. The van der Waals surface area contributed by atoms with Crippen molar-refractivity contribution >= 4 is 5.71 Å². The molecule has 1 atom stereocenters. The van der Waals surface area contributed by atoms with Gasteiger partial charge in [0.15, 0.2) is 0 Å². The van der Waals surface area contributed by atoms with Crippen LogP contribution in [-0.4, -0.2) is 15.3 Å². The molecule has 0 saturated carbocycles. The van der Waals surface area contributed by atoms with Crippen LogP contribution >= 0.6 is 0 Å². The Kier molecular flexibility index (Phi) is 6.86. The number of nitrogens with one attached hydrogen (secondary N) is 1. The van der Waals surface area contributed by atoms with Gasteiger partial charge in [-0.3, -0.25) is 0 Å². The molecule has 0 amide bonds. The van der Waals surface area contributed by atoms with Crippen LogP contribution in [0.4, 0.5) is 0 Å². The van der Waals surface area contributed by atoms with Crippen LogP contribution < -0.4 is 0 Å². The van der Waals surface area contributed by atoms with Crippen molar-refractivity contribution in [1.82, 2.24) is 9.55 Å². The number of aromatic nitrogens is 2. The molecule has 0 radical (unpaired) electrons. The predicted octanol–water partition coefficient (Wildman–Crippen LogP) is 5.32. The van der Waals surface area contributed by atoms with Gasteiger partial charge in [-0.25, -0.2) is 4.98 Å². The fourth-order valence-electron chi connectivity index (χ4n) is 2.55. The van der Waals surface area contributed by atoms with Gasteiger partial charge < -0.3 is 9.98 Å². The number of nitrogens with zero attached hydrogens (tertiary/aromatic N) is 2. The van der Waals surface area contributed by atoms with Crippen molar-refractivity contribution in [1.29, 1.82) is 5.41 Å². The molecule has 0 saturated heterocycles. The second-order valence-corrected chi connectivity index (χ2v) is 4.79. The Morgan fingerprint density at radius 2 is 2.14 bits per heavy atom. The lowest BCUT2D eigenvalue weighted by Gasteiger charge is -2.21. The Hall–Kier alpha value is -1.90. The highest BCUT2D eigenvalue weighted by molar-refractivity contribution is 6.10. The van der Waals surface area contributed by atoms with E-state index in [1.165, 1.54) is 0 Å². The molecule has 0 aromatic carbocycles. The SMILES string of the molecule is C=CC(=N)c1cnc2n(C(CC)CCC)cccc1-2.CC. The van der Waals surface area contributed by atoms with E-state index in [0.29, 0.717) is 11.8 Å². The standard InChI is InChI=1S/C16H21N3.C2H6/c1-4-8-12(5-2)19-10-7-9-13-14(15(17)6-3)11-18-16(13)19;1-2/h6-7,9-12,17H,3-5,8H2,1-2H3;1-2H3. The minimum Gasteiger partial charge on any atom is -0.329 e. The zero-order valence-corrected chi connectivity index (χ0v) is 13.7. The van der Waals surface area contributed by atoms with E-state index in [-0.39, 0.29) is 0 Å². The number of hydrogen-bond donors (Lipinski definition) is 1. The first-order chi connectivity index (χ1) is 10.2.